The number of hydrogen-bond acceptors (Lipinski definition) is 2. The maximum atomic E-state index is 5.41. The molecule has 16 heavy (non-hydrogen) atoms. The van der Waals surface area contributed by atoms with Gasteiger partial charge in [-0.3, -0.25) is 4.90 Å². The molecule has 0 spiro atoms. The third-order valence-corrected chi connectivity index (χ3v) is 2.96. The van der Waals surface area contributed by atoms with Crippen LogP contribution in [0.25, 0.3) is 6.08 Å². The standard InChI is InChI=1S/C14H19NO/c1-13-12-16-11-10-15(13)9-5-8-14-6-3-2-4-7-14/h2-8,13H,9-12H2,1H3/b8-5+/t13-/m1/s1. The Kier molecular flexibility index (Phi) is 4.14. The summed E-state index contributed by atoms with van der Waals surface area (Å²) in [7, 11) is 0. The number of nitrogens with zero attached hydrogens (tertiary/aromatic N) is 1. The number of ether oxygens (including phenoxy) is 1. The van der Waals surface area contributed by atoms with E-state index in [1.54, 1.807) is 0 Å². The molecule has 1 atom stereocenters. The Bertz CT molecular complexity index is 334. The van der Waals surface area contributed by atoms with Gasteiger partial charge in [-0.15, -0.1) is 0 Å². The first-order chi connectivity index (χ1) is 7.86. The highest BCUT2D eigenvalue weighted by Crippen LogP contribution is 2.07. The van der Waals surface area contributed by atoms with Crippen molar-refractivity contribution < 1.29 is 4.74 Å². The number of benzene rings is 1. The average Bonchev–Trinajstić information content (AvgIpc) is 2.33. The van der Waals surface area contributed by atoms with E-state index in [9.17, 15) is 0 Å². The molecule has 0 N–H and O–H groups in total. The highest BCUT2D eigenvalue weighted by molar-refractivity contribution is 5.48. The van der Waals surface area contributed by atoms with Crippen molar-refractivity contribution >= 4 is 6.08 Å². The van der Waals surface area contributed by atoms with Gasteiger partial charge >= 0.3 is 0 Å². The van der Waals surface area contributed by atoms with Crippen molar-refractivity contribution in [3.05, 3.63) is 42.0 Å². The zero-order valence-corrected chi connectivity index (χ0v) is 9.80. The van der Waals surface area contributed by atoms with Gasteiger partial charge < -0.3 is 4.74 Å². The molecule has 0 radical (unpaired) electrons. The van der Waals surface area contributed by atoms with Crippen LogP contribution >= 0.6 is 0 Å². The van der Waals surface area contributed by atoms with E-state index in [2.05, 4.69) is 48.2 Å². The first-order valence-corrected chi connectivity index (χ1v) is 5.89. The van der Waals surface area contributed by atoms with Gasteiger partial charge in [0.25, 0.3) is 0 Å². The predicted molar refractivity (Wildman–Crippen MR) is 67.3 cm³/mol. The minimum Gasteiger partial charge on any atom is -0.379 e. The summed E-state index contributed by atoms with van der Waals surface area (Å²) in [6.07, 6.45) is 4.42. The van der Waals surface area contributed by atoms with Gasteiger partial charge in [0, 0.05) is 19.1 Å². The van der Waals surface area contributed by atoms with Crippen molar-refractivity contribution in [2.24, 2.45) is 0 Å². The molecule has 0 amide bonds. The van der Waals surface area contributed by atoms with Crippen molar-refractivity contribution in [1.82, 2.24) is 4.90 Å². The smallest absolute Gasteiger partial charge is 0.0619 e. The fourth-order valence-electron chi connectivity index (χ4n) is 1.92. The van der Waals surface area contributed by atoms with Gasteiger partial charge in [-0.25, -0.2) is 0 Å². The van der Waals surface area contributed by atoms with E-state index in [-0.39, 0.29) is 0 Å². The lowest BCUT2D eigenvalue weighted by Crippen LogP contribution is -2.43. The van der Waals surface area contributed by atoms with Crippen molar-refractivity contribution in [2.45, 2.75) is 13.0 Å². The highest BCUT2D eigenvalue weighted by atomic mass is 16.5. The molecule has 1 aromatic rings. The Labute approximate surface area is 97.5 Å². The minimum atomic E-state index is 0.536. The number of rotatable bonds is 3. The van der Waals surface area contributed by atoms with Crippen LogP contribution in [0.4, 0.5) is 0 Å². The summed E-state index contributed by atoms with van der Waals surface area (Å²) in [4.78, 5) is 2.45. The summed E-state index contributed by atoms with van der Waals surface area (Å²) in [5.41, 5.74) is 1.27. The SMILES string of the molecule is C[C@@H]1COCCN1C/C=C/c1ccccc1. The molecule has 0 unspecified atom stereocenters. The molecule has 1 fully saturated rings. The first kappa shape index (κ1) is 11.4. The summed E-state index contributed by atoms with van der Waals surface area (Å²) in [6, 6.07) is 11.0. The van der Waals surface area contributed by atoms with Crippen molar-refractivity contribution in [3.8, 4) is 0 Å². The van der Waals surface area contributed by atoms with E-state index in [4.69, 9.17) is 4.74 Å². The number of morpholine rings is 1. The molecule has 1 saturated heterocycles. The fraction of sp³-hybridized carbons (Fsp3) is 0.429. The van der Waals surface area contributed by atoms with Crippen LogP contribution in [-0.4, -0.2) is 37.2 Å². The van der Waals surface area contributed by atoms with E-state index in [1.807, 2.05) is 6.07 Å². The quantitative estimate of drug-likeness (QED) is 0.771. The third kappa shape index (κ3) is 3.19. The van der Waals surface area contributed by atoms with E-state index < -0.39 is 0 Å². The van der Waals surface area contributed by atoms with Gasteiger partial charge in [0.1, 0.15) is 0 Å². The molecule has 1 aliphatic heterocycles. The zero-order chi connectivity index (χ0) is 11.2. The maximum absolute atomic E-state index is 5.41. The van der Waals surface area contributed by atoms with Gasteiger partial charge in [0.15, 0.2) is 0 Å². The summed E-state index contributed by atoms with van der Waals surface area (Å²) >= 11 is 0. The molecule has 1 heterocycles. The second-order valence-electron chi connectivity index (χ2n) is 4.23. The molecule has 0 aliphatic carbocycles. The highest BCUT2D eigenvalue weighted by Gasteiger charge is 2.16. The first-order valence-electron chi connectivity index (χ1n) is 5.89. The normalized spacial score (nSPS) is 22.7. The summed E-state index contributed by atoms with van der Waals surface area (Å²) in [6.45, 7) is 6.00. The van der Waals surface area contributed by atoms with Gasteiger partial charge in [-0.05, 0) is 12.5 Å². The molecule has 0 saturated carbocycles. The van der Waals surface area contributed by atoms with Crippen LogP contribution in [0, 0.1) is 0 Å². The van der Waals surface area contributed by atoms with E-state index in [0.717, 1.165) is 26.3 Å². The molecular weight excluding hydrogens is 198 g/mol. The molecule has 1 aromatic carbocycles. The second-order valence-corrected chi connectivity index (χ2v) is 4.23. The van der Waals surface area contributed by atoms with Gasteiger partial charge in [0.05, 0.1) is 13.2 Å². The molecule has 2 nitrogen and oxygen atoms in total. The summed E-state index contributed by atoms with van der Waals surface area (Å²) in [5, 5.41) is 0. The van der Waals surface area contributed by atoms with Crippen molar-refractivity contribution in [3.63, 3.8) is 0 Å². The Hall–Kier alpha value is -1.12. The Morgan fingerprint density at radius 3 is 2.94 bits per heavy atom. The lowest BCUT2D eigenvalue weighted by molar-refractivity contribution is 0.00564. The van der Waals surface area contributed by atoms with Gasteiger partial charge in [-0.1, -0.05) is 42.5 Å². The Balaban J connectivity index is 1.84. The Morgan fingerprint density at radius 1 is 1.38 bits per heavy atom. The maximum Gasteiger partial charge on any atom is 0.0619 e. The lowest BCUT2D eigenvalue weighted by atomic mass is 10.2. The predicted octanol–water partition coefficient (Wildman–Crippen LogP) is 2.42. The molecule has 2 heteroatoms. The number of hydrogen-bond donors (Lipinski definition) is 0. The fourth-order valence-corrected chi connectivity index (χ4v) is 1.92. The van der Waals surface area contributed by atoms with Crippen LogP contribution < -0.4 is 0 Å². The lowest BCUT2D eigenvalue weighted by Gasteiger charge is -2.32. The summed E-state index contributed by atoms with van der Waals surface area (Å²) in [5.74, 6) is 0. The Morgan fingerprint density at radius 2 is 2.19 bits per heavy atom. The largest absolute Gasteiger partial charge is 0.379 e. The molecule has 2 rings (SSSR count). The average molecular weight is 217 g/mol. The van der Waals surface area contributed by atoms with Crippen LogP contribution in [0.1, 0.15) is 12.5 Å². The molecular formula is C14H19NO. The molecule has 0 aromatic heterocycles. The molecule has 86 valence electrons. The van der Waals surface area contributed by atoms with Crippen molar-refractivity contribution in [2.75, 3.05) is 26.3 Å². The van der Waals surface area contributed by atoms with Crippen molar-refractivity contribution in [1.29, 1.82) is 0 Å². The van der Waals surface area contributed by atoms with Crippen LogP contribution in [0.15, 0.2) is 36.4 Å². The van der Waals surface area contributed by atoms with Gasteiger partial charge in [-0.2, -0.15) is 0 Å². The van der Waals surface area contributed by atoms with Gasteiger partial charge in [0.2, 0.25) is 0 Å². The molecule has 0 bridgehead atoms. The van der Waals surface area contributed by atoms with Crippen LogP contribution in [0.2, 0.25) is 0 Å². The van der Waals surface area contributed by atoms with Crippen LogP contribution in [0.3, 0.4) is 0 Å². The third-order valence-electron chi connectivity index (χ3n) is 2.96. The van der Waals surface area contributed by atoms with E-state index in [1.165, 1.54) is 5.56 Å². The zero-order valence-electron chi connectivity index (χ0n) is 9.80. The monoisotopic (exact) mass is 217 g/mol. The van der Waals surface area contributed by atoms with Crippen LogP contribution in [0.5, 0.6) is 0 Å². The van der Waals surface area contributed by atoms with Crippen LogP contribution in [-0.2, 0) is 4.74 Å². The van der Waals surface area contributed by atoms with E-state index in [0.29, 0.717) is 6.04 Å². The topological polar surface area (TPSA) is 12.5 Å². The minimum absolute atomic E-state index is 0.536. The molecule has 1 aliphatic rings. The van der Waals surface area contributed by atoms with E-state index >= 15 is 0 Å². The second kappa shape index (κ2) is 5.83. The summed E-state index contributed by atoms with van der Waals surface area (Å²) < 4.78 is 5.41.